The maximum absolute atomic E-state index is 13.4. The fourth-order valence-electron chi connectivity index (χ4n) is 3.40. The van der Waals surface area contributed by atoms with E-state index in [1.165, 1.54) is 36.1 Å². The summed E-state index contributed by atoms with van der Waals surface area (Å²) in [6.45, 7) is 1.75. The van der Waals surface area contributed by atoms with E-state index in [9.17, 15) is 14.0 Å². The molecule has 3 aromatic carbocycles. The second-order valence-corrected chi connectivity index (χ2v) is 7.08. The molecule has 0 fully saturated rings. The zero-order valence-corrected chi connectivity index (χ0v) is 17.5. The van der Waals surface area contributed by atoms with Crippen molar-refractivity contribution in [3.8, 4) is 16.9 Å². The number of esters is 1. The van der Waals surface area contributed by atoms with Gasteiger partial charge in [-0.15, -0.1) is 0 Å². The Morgan fingerprint density at radius 2 is 1.62 bits per heavy atom. The molecule has 160 valence electrons. The molecule has 0 saturated carbocycles. The van der Waals surface area contributed by atoms with Crippen molar-refractivity contribution in [3.05, 3.63) is 106 Å². The highest BCUT2D eigenvalue weighted by Gasteiger charge is 2.19. The lowest BCUT2D eigenvalue weighted by Gasteiger charge is -2.04. The first-order chi connectivity index (χ1) is 15.5. The number of aromatic nitrogens is 2. The lowest BCUT2D eigenvalue weighted by Crippen LogP contribution is -2.19. The topological polar surface area (TPSA) is 76.4 Å². The molecule has 4 aromatic rings. The number of hydrogen-bond donors (Lipinski definition) is 1. The summed E-state index contributed by atoms with van der Waals surface area (Å²) in [6, 6.07) is 21.7. The third kappa shape index (κ3) is 4.13. The summed E-state index contributed by atoms with van der Waals surface area (Å²) in [4.78, 5) is 29.6. The average Bonchev–Trinajstić information content (AvgIpc) is 3.17. The standard InChI is InChI=1S/C25H20FN3O3/c1-16(27-20-12-8-18(9-13-20)25(31)32-2)22-23(17-6-4-3-5-7-17)28-29(24(22)30)21-14-10-19(26)11-15-21/h3-15,28H,1-2H3. The van der Waals surface area contributed by atoms with Gasteiger partial charge in [0.2, 0.25) is 0 Å². The number of halogens is 1. The van der Waals surface area contributed by atoms with Gasteiger partial charge in [-0.25, -0.2) is 13.9 Å². The number of methoxy groups -OCH3 is 1. The van der Waals surface area contributed by atoms with Crippen molar-refractivity contribution in [3.63, 3.8) is 0 Å². The summed E-state index contributed by atoms with van der Waals surface area (Å²) in [5.74, 6) is -0.818. The Labute approximate surface area is 183 Å². The molecule has 1 N–H and O–H groups in total. The summed E-state index contributed by atoms with van der Waals surface area (Å²) in [5, 5.41) is 3.14. The van der Waals surface area contributed by atoms with Gasteiger partial charge in [-0.2, -0.15) is 0 Å². The molecule has 0 atom stereocenters. The maximum Gasteiger partial charge on any atom is 0.337 e. The molecule has 0 aliphatic rings. The fraction of sp³-hybridized carbons (Fsp3) is 0.0800. The molecule has 1 heterocycles. The molecule has 1 aromatic heterocycles. The average molecular weight is 429 g/mol. The van der Waals surface area contributed by atoms with Crippen LogP contribution in [0, 0.1) is 5.82 Å². The van der Waals surface area contributed by atoms with E-state index in [4.69, 9.17) is 4.74 Å². The molecule has 0 aliphatic carbocycles. The van der Waals surface area contributed by atoms with E-state index in [0.717, 1.165) is 5.56 Å². The van der Waals surface area contributed by atoms with E-state index in [1.54, 1.807) is 31.2 Å². The number of carbonyl (C=O) groups is 1. The van der Waals surface area contributed by atoms with Crippen LogP contribution in [-0.4, -0.2) is 28.6 Å². The minimum atomic E-state index is -0.434. The zero-order chi connectivity index (χ0) is 22.7. The number of aromatic amines is 1. The first-order valence-electron chi connectivity index (χ1n) is 9.88. The van der Waals surface area contributed by atoms with Gasteiger partial charge in [0, 0.05) is 5.56 Å². The number of rotatable bonds is 5. The van der Waals surface area contributed by atoms with Gasteiger partial charge in [-0.1, -0.05) is 30.3 Å². The largest absolute Gasteiger partial charge is 0.465 e. The van der Waals surface area contributed by atoms with Gasteiger partial charge >= 0.3 is 5.97 Å². The number of benzene rings is 3. The van der Waals surface area contributed by atoms with Crippen molar-refractivity contribution in [2.45, 2.75) is 6.92 Å². The lowest BCUT2D eigenvalue weighted by molar-refractivity contribution is 0.0601. The van der Waals surface area contributed by atoms with Gasteiger partial charge in [0.15, 0.2) is 0 Å². The number of aliphatic imine (C=N–C) groups is 1. The Bertz CT molecular complexity index is 1340. The molecule has 0 bridgehead atoms. The molecule has 0 aliphatic heterocycles. The highest BCUT2D eigenvalue weighted by atomic mass is 19.1. The van der Waals surface area contributed by atoms with Crippen LogP contribution in [0.4, 0.5) is 10.1 Å². The number of ether oxygens (including phenoxy) is 1. The van der Waals surface area contributed by atoms with E-state index in [-0.39, 0.29) is 11.4 Å². The molecule has 0 radical (unpaired) electrons. The second-order valence-electron chi connectivity index (χ2n) is 7.08. The van der Waals surface area contributed by atoms with Crippen molar-refractivity contribution >= 4 is 17.4 Å². The highest BCUT2D eigenvalue weighted by Crippen LogP contribution is 2.23. The normalized spacial score (nSPS) is 11.4. The van der Waals surface area contributed by atoms with E-state index in [0.29, 0.717) is 33.9 Å². The molecule has 32 heavy (non-hydrogen) atoms. The van der Waals surface area contributed by atoms with Crippen molar-refractivity contribution in [1.29, 1.82) is 0 Å². The van der Waals surface area contributed by atoms with Gasteiger partial charge in [-0.05, 0) is 55.5 Å². The summed E-state index contributed by atoms with van der Waals surface area (Å²) in [5.41, 5.74) is 3.52. The molecule has 0 saturated heterocycles. The monoisotopic (exact) mass is 429 g/mol. The molecular weight excluding hydrogens is 409 g/mol. The summed E-state index contributed by atoms with van der Waals surface area (Å²) >= 11 is 0. The predicted octanol–water partition coefficient (Wildman–Crippen LogP) is 4.90. The van der Waals surface area contributed by atoms with Crippen LogP contribution in [0.5, 0.6) is 0 Å². The molecule has 0 amide bonds. The van der Waals surface area contributed by atoms with Gasteiger partial charge < -0.3 is 4.74 Å². The lowest BCUT2D eigenvalue weighted by atomic mass is 10.1. The van der Waals surface area contributed by atoms with Crippen LogP contribution in [0.3, 0.4) is 0 Å². The molecular formula is C25H20FN3O3. The van der Waals surface area contributed by atoms with E-state index < -0.39 is 5.97 Å². The minimum absolute atomic E-state index is 0.303. The summed E-state index contributed by atoms with van der Waals surface area (Å²) < 4.78 is 19.5. The van der Waals surface area contributed by atoms with E-state index >= 15 is 0 Å². The summed E-state index contributed by atoms with van der Waals surface area (Å²) in [6.07, 6.45) is 0. The van der Waals surface area contributed by atoms with Crippen molar-refractivity contribution in [2.24, 2.45) is 4.99 Å². The molecule has 0 spiro atoms. The van der Waals surface area contributed by atoms with Crippen molar-refractivity contribution < 1.29 is 13.9 Å². The third-order valence-corrected chi connectivity index (χ3v) is 4.98. The quantitative estimate of drug-likeness (QED) is 0.362. The van der Waals surface area contributed by atoms with Crippen LogP contribution >= 0.6 is 0 Å². The number of carbonyl (C=O) groups excluding carboxylic acids is 1. The number of nitrogens with zero attached hydrogens (tertiary/aromatic N) is 2. The predicted molar refractivity (Wildman–Crippen MR) is 121 cm³/mol. The molecule has 6 nitrogen and oxygen atoms in total. The van der Waals surface area contributed by atoms with Crippen LogP contribution in [0.1, 0.15) is 22.8 Å². The van der Waals surface area contributed by atoms with Crippen LogP contribution in [0.15, 0.2) is 88.6 Å². The van der Waals surface area contributed by atoms with Gasteiger partial charge in [0.05, 0.1) is 41.0 Å². The minimum Gasteiger partial charge on any atom is -0.465 e. The van der Waals surface area contributed by atoms with Crippen LogP contribution in [0.2, 0.25) is 0 Å². The molecule has 4 rings (SSSR count). The highest BCUT2D eigenvalue weighted by molar-refractivity contribution is 6.04. The Morgan fingerprint density at radius 3 is 2.25 bits per heavy atom. The van der Waals surface area contributed by atoms with Crippen molar-refractivity contribution in [2.75, 3.05) is 7.11 Å². The third-order valence-electron chi connectivity index (χ3n) is 4.98. The van der Waals surface area contributed by atoms with Crippen LogP contribution in [-0.2, 0) is 4.74 Å². The van der Waals surface area contributed by atoms with Gasteiger partial charge in [0.1, 0.15) is 5.82 Å². The van der Waals surface area contributed by atoms with E-state index in [1.807, 2.05) is 30.3 Å². The van der Waals surface area contributed by atoms with Crippen molar-refractivity contribution in [1.82, 2.24) is 9.78 Å². The summed E-state index contributed by atoms with van der Waals surface area (Å²) in [7, 11) is 1.32. The zero-order valence-electron chi connectivity index (χ0n) is 17.5. The molecule has 7 heteroatoms. The van der Waals surface area contributed by atoms with E-state index in [2.05, 4.69) is 10.1 Å². The second kappa shape index (κ2) is 8.85. The van der Waals surface area contributed by atoms with Crippen LogP contribution in [0.25, 0.3) is 16.9 Å². The first kappa shape index (κ1) is 21.0. The number of nitrogens with one attached hydrogen (secondary N) is 1. The Balaban J connectivity index is 1.83. The Hall–Kier alpha value is -4.26. The van der Waals surface area contributed by atoms with Gasteiger partial charge in [-0.3, -0.25) is 14.9 Å². The smallest absolute Gasteiger partial charge is 0.337 e. The number of hydrogen-bond acceptors (Lipinski definition) is 4. The SMILES string of the molecule is COC(=O)c1ccc(N=C(C)c2c(-c3ccccc3)[nH]n(-c3ccc(F)cc3)c2=O)cc1. The molecule has 0 unspecified atom stereocenters. The maximum atomic E-state index is 13.4. The van der Waals surface area contributed by atoms with Crippen LogP contribution < -0.4 is 5.56 Å². The van der Waals surface area contributed by atoms with Gasteiger partial charge in [0.25, 0.3) is 5.56 Å². The number of H-pyrrole nitrogens is 1. The Morgan fingerprint density at radius 1 is 0.969 bits per heavy atom. The fourth-order valence-corrected chi connectivity index (χ4v) is 3.40. The first-order valence-corrected chi connectivity index (χ1v) is 9.88. The Kier molecular flexibility index (Phi) is 5.81.